The van der Waals surface area contributed by atoms with Crippen molar-refractivity contribution in [3.05, 3.63) is 0 Å². The minimum atomic E-state index is 0.0204. The number of hydrogen-bond acceptors (Lipinski definition) is 2. The molecule has 0 aromatic rings. The highest BCUT2D eigenvalue weighted by molar-refractivity contribution is 6.08. The fraction of sp³-hybridized carbons (Fsp3) is 0.600. The fourth-order valence-corrected chi connectivity index (χ4v) is 1.81. The highest BCUT2D eigenvalue weighted by Crippen LogP contribution is 2.46. The van der Waals surface area contributed by atoms with Crippen LogP contribution >= 0.6 is 0 Å². The molecule has 0 spiro atoms. The number of unbranched alkanes of at least 4 members (excludes halogenated alkanes) is 1. The van der Waals surface area contributed by atoms with Crippen molar-refractivity contribution in [1.82, 2.24) is 4.90 Å². The van der Waals surface area contributed by atoms with E-state index in [0.717, 1.165) is 12.8 Å². The maximum Gasteiger partial charge on any atom is 0.233 e. The van der Waals surface area contributed by atoms with Crippen LogP contribution in [-0.4, -0.2) is 23.3 Å². The number of terminal acetylenes is 1. The summed E-state index contributed by atoms with van der Waals surface area (Å²) in [6.07, 6.45) is 7.22. The van der Waals surface area contributed by atoms with Crippen LogP contribution in [0.1, 0.15) is 19.3 Å². The van der Waals surface area contributed by atoms with Gasteiger partial charge in [0.25, 0.3) is 0 Å². The highest BCUT2D eigenvalue weighted by atomic mass is 16.2. The predicted molar refractivity (Wildman–Crippen MR) is 46.4 cm³/mol. The van der Waals surface area contributed by atoms with E-state index in [9.17, 15) is 9.59 Å². The molecule has 2 unspecified atom stereocenters. The van der Waals surface area contributed by atoms with Crippen molar-refractivity contribution in [2.24, 2.45) is 11.8 Å². The van der Waals surface area contributed by atoms with E-state index < -0.39 is 0 Å². The number of amides is 2. The van der Waals surface area contributed by atoms with Gasteiger partial charge in [0.2, 0.25) is 11.8 Å². The molecule has 3 heteroatoms. The van der Waals surface area contributed by atoms with Crippen molar-refractivity contribution in [2.75, 3.05) is 6.54 Å². The maximum atomic E-state index is 11.4. The second-order valence-electron chi connectivity index (χ2n) is 3.58. The van der Waals surface area contributed by atoms with Crippen LogP contribution < -0.4 is 0 Å². The Morgan fingerprint density at radius 2 is 2.00 bits per heavy atom. The van der Waals surface area contributed by atoms with Gasteiger partial charge < -0.3 is 0 Å². The third-order valence-electron chi connectivity index (χ3n) is 2.66. The van der Waals surface area contributed by atoms with Crippen molar-refractivity contribution in [1.29, 1.82) is 0 Å². The number of piperidine rings is 1. The molecule has 1 saturated heterocycles. The number of carbonyl (C=O) groups excluding carboxylic acids is 2. The van der Waals surface area contributed by atoms with Gasteiger partial charge in [0.15, 0.2) is 0 Å². The third-order valence-corrected chi connectivity index (χ3v) is 2.66. The van der Waals surface area contributed by atoms with Gasteiger partial charge in [0, 0.05) is 13.0 Å². The van der Waals surface area contributed by atoms with Crippen LogP contribution in [0.5, 0.6) is 0 Å². The van der Waals surface area contributed by atoms with Crippen molar-refractivity contribution < 1.29 is 9.59 Å². The number of hydrogen-bond donors (Lipinski definition) is 0. The molecule has 1 saturated carbocycles. The lowest BCUT2D eigenvalue weighted by Crippen LogP contribution is -2.33. The van der Waals surface area contributed by atoms with E-state index in [1.807, 2.05) is 0 Å². The van der Waals surface area contributed by atoms with Gasteiger partial charge in [-0.15, -0.1) is 12.3 Å². The lowest BCUT2D eigenvalue weighted by molar-refractivity contribution is -0.141. The Labute approximate surface area is 77.1 Å². The Bertz CT molecular complexity index is 283. The van der Waals surface area contributed by atoms with E-state index in [4.69, 9.17) is 6.42 Å². The lowest BCUT2D eigenvalue weighted by Gasteiger charge is -2.14. The molecule has 68 valence electrons. The number of nitrogens with zero attached hydrogens (tertiary/aromatic N) is 1. The first kappa shape index (κ1) is 8.31. The van der Waals surface area contributed by atoms with Crippen LogP contribution in [0, 0.1) is 24.2 Å². The Morgan fingerprint density at radius 3 is 2.54 bits per heavy atom. The Balaban J connectivity index is 1.90. The molecule has 3 nitrogen and oxygen atoms in total. The zero-order valence-corrected chi connectivity index (χ0v) is 7.32. The second-order valence-corrected chi connectivity index (χ2v) is 3.58. The van der Waals surface area contributed by atoms with Crippen LogP contribution in [0.25, 0.3) is 0 Å². The molecule has 13 heavy (non-hydrogen) atoms. The van der Waals surface area contributed by atoms with Crippen LogP contribution in [0.4, 0.5) is 0 Å². The summed E-state index contributed by atoms with van der Waals surface area (Å²) >= 11 is 0. The number of likely N-dealkylation sites (tertiary alicyclic amines) is 1. The zero-order valence-electron chi connectivity index (χ0n) is 7.32. The number of rotatable bonds is 3. The van der Waals surface area contributed by atoms with Crippen molar-refractivity contribution >= 4 is 11.8 Å². The molecule has 2 aliphatic rings. The van der Waals surface area contributed by atoms with Gasteiger partial charge in [0.05, 0.1) is 11.8 Å². The summed E-state index contributed by atoms with van der Waals surface area (Å²) in [5.41, 5.74) is 0. The van der Waals surface area contributed by atoms with Gasteiger partial charge in [0.1, 0.15) is 0 Å². The average Bonchev–Trinajstić information content (AvgIpc) is 2.85. The molecule has 0 aromatic heterocycles. The Morgan fingerprint density at radius 1 is 1.38 bits per heavy atom. The quantitative estimate of drug-likeness (QED) is 0.355. The molecule has 1 aliphatic heterocycles. The van der Waals surface area contributed by atoms with Gasteiger partial charge in [-0.25, -0.2) is 0 Å². The summed E-state index contributed by atoms with van der Waals surface area (Å²) in [7, 11) is 0. The monoisotopic (exact) mass is 177 g/mol. The predicted octanol–water partition coefficient (Wildman–Crippen LogP) is 0.405. The summed E-state index contributed by atoms with van der Waals surface area (Å²) in [4.78, 5) is 24.2. The van der Waals surface area contributed by atoms with Crippen molar-refractivity contribution in [2.45, 2.75) is 19.3 Å². The van der Waals surface area contributed by atoms with E-state index in [-0.39, 0.29) is 23.7 Å². The summed E-state index contributed by atoms with van der Waals surface area (Å²) in [6.45, 7) is 0.509. The molecule has 2 rings (SSSR count). The van der Waals surface area contributed by atoms with Gasteiger partial charge >= 0.3 is 0 Å². The summed E-state index contributed by atoms with van der Waals surface area (Å²) in [5, 5.41) is 0. The molecule has 1 heterocycles. The first-order valence-corrected chi connectivity index (χ1v) is 4.54. The van der Waals surface area contributed by atoms with E-state index in [1.165, 1.54) is 4.90 Å². The molecule has 0 N–H and O–H groups in total. The largest absolute Gasteiger partial charge is 0.282 e. The first-order chi connectivity index (χ1) is 6.25. The average molecular weight is 177 g/mol. The van der Waals surface area contributed by atoms with E-state index in [2.05, 4.69) is 5.92 Å². The second kappa shape index (κ2) is 2.88. The summed E-state index contributed by atoms with van der Waals surface area (Å²) < 4.78 is 0. The molecule has 0 radical (unpaired) electrons. The molecule has 0 bridgehead atoms. The first-order valence-electron chi connectivity index (χ1n) is 4.54. The third kappa shape index (κ3) is 1.23. The highest BCUT2D eigenvalue weighted by Gasteiger charge is 2.58. The zero-order chi connectivity index (χ0) is 9.42. The maximum absolute atomic E-state index is 11.4. The van der Waals surface area contributed by atoms with Crippen molar-refractivity contribution in [3.63, 3.8) is 0 Å². The molecule has 2 amide bonds. The van der Waals surface area contributed by atoms with E-state index in [0.29, 0.717) is 13.0 Å². The summed E-state index contributed by atoms with van der Waals surface area (Å²) in [5.74, 6) is 2.59. The number of fused-ring (bicyclic) bond motifs is 1. The molecular formula is C10H11NO2. The van der Waals surface area contributed by atoms with Gasteiger partial charge in [-0.2, -0.15) is 0 Å². The minimum absolute atomic E-state index is 0.0204. The number of imide groups is 1. The molecule has 2 atom stereocenters. The van der Waals surface area contributed by atoms with Gasteiger partial charge in [-0.3, -0.25) is 14.5 Å². The summed E-state index contributed by atoms with van der Waals surface area (Å²) in [6, 6.07) is 0. The minimum Gasteiger partial charge on any atom is -0.282 e. The van der Waals surface area contributed by atoms with Gasteiger partial charge in [-0.1, -0.05) is 0 Å². The molecular weight excluding hydrogens is 166 g/mol. The number of carbonyl (C=O) groups is 2. The van der Waals surface area contributed by atoms with E-state index in [1.54, 1.807) is 0 Å². The fourth-order valence-electron chi connectivity index (χ4n) is 1.81. The Kier molecular flexibility index (Phi) is 1.84. The van der Waals surface area contributed by atoms with Gasteiger partial charge in [-0.05, 0) is 12.8 Å². The standard InChI is InChI=1S/C10H11NO2/c1-2-3-4-5-11-9(12)7-6-8(7)10(11)13/h1,7-8H,3-6H2. The van der Waals surface area contributed by atoms with Crippen LogP contribution in [0.15, 0.2) is 0 Å². The molecule has 2 fully saturated rings. The lowest BCUT2D eigenvalue weighted by atomic mass is 10.3. The SMILES string of the molecule is C#CCCCN1C(=O)C2CC2C1=O. The molecule has 1 aliphatic carbocycles. The topological polar surface area (TPSA) is 37.4 Å². The van der Waals surface area contributed by atoms with Crippen molar-refractivity contribution in [3.8, 4) is 12.3 Å². The smallest absolute Gasteiger partial charge is 0.233 e. The van der Waals surface area contributed by atoms with Crippen LogP contribution in [0.3, 0.4) is 0 Å². The Hall–Kier alpha value is -1.30. The van der Waals surface area contributed by atoms with E-state index >= 15 is 0 Å². The van der Waals surface area contributed by atoms with Crippen LogP contribution in [0.2, 0.25) is 0 Å². The normalized spacial score (nSPS) is 30.2. The molecule has 0 aromatic carbocycles. The van der Waals surface area contributed by atoms with Crippen LogP contribution in [-0.2, 0) is 9.59 Å².